The highest BCUT2D eigenvalue weighted by Gasteiger charge is 2.40. The molecular weight excluding hydrogens is 578 g/mol. The van der Waals surface area contributed by atoms with E-state index in [1.165, 1.54) is 11.0 Å². The first-order valence-electron chi connectivity index (χ1n) is 14.9. The molecule has 2 aromatic carbocycles. The van der Waals surface area contributed by atoms with Crippen LogP contribution in [0.15, 0.2) is 41.3 Å². The number of hydrogen-bond donors (Lipinski definition) is 2. The summed E-state index contributed by atoms with van der Waals surface area (Å²) in [7, 11) is -3.96. The summed E-state index contributed by atoms with van der Waals surface area (Å²) in [5.41, 5.74) is 0. The number of rotatable bonds is 6. The number of likely N-dealkylation sites (tertiary alicyclic amines) is 3. The van der Waals surface area contributed by atoms with Crippen molar-refractivity contribution >= 4 is 50.1 Å². The molecule has 0 spiro atoms. The van der Waals surface area contributed by atoms with Crippen LogP contribution in [0, 0.1) is 17.8 Å². The quantitative estimate of drug-likeness (QED) is 0.514. The molecule has 0 saturated carbocycles. The van der Waals surface area contributed by atoms with Crippen molar-refractivity contribution in [2.24, 2.45) is 17.8 Å². The van der Waals surface area contributed by atoms with Crippen molar-refractivity contribution in [1.82, 2.24) is 24.7 Å². The van der Waals surface area contributed by atoms with E-state index < -0.39 is 16.1 Å². The van der Waals surface area contributed by atoms with E-state index in [1.54, 1.807) is 30.3 Å². The van der Waals surface area contributed by atoms with Gasteiger partial charge >= 0.3 is 0 Å². The Morgan fingerprint density at radius 2 is 1.67 bits per heavy atom. The number of piperidine rings is 4. The smallest absolute Gasteiger partial charge is 0.242 e. The zero-order valence-corrected chi connectivity index (χ0v) is 25.2. The van der Waals surface area contributed by atoms with Crippen molar-refractivity contribution in [3.63, 3.8) is 0 Å². The maximum Gasteiger partial charge on any atom is 0.242 e. The lowest BCUT2D eigenvalue weighted by molar-refractivity contribution is -0.148. The van der Waals surface area contributed by atoms with Crippen molar-refractivity contribution in [2.45, 2.75) is 43.0 Å². The molecule has 226 valence electrons. The number of hydrogen-bond acceptors (Lipinski definition) is 6. The molecule has 0 radical (unpaired) electrons. The number of nitrogens with one attached hydrogen (secondary N) is 2. The highest BCUT2D eigenvalue weighted by molar-refractivity contribution is 7.89. The zero-order valence-electron chi connectivity index (χ0n) is 23.6. The van der Waals surface area contributed by atoms with Gasteiger partial charge in [-0.1, -0.05) is 23.7 Å². The standard InChI is InChI=1S/C30H38ClN5O5S/c31-25-7-5-23-13-26(8-6-22(23)12-25)42(40,41)33-27-4-2-10-34(30(27)39)19-28(37)35-15-20-11-21(16-35)18-36(17-20)29(38)24-3-1-9-32-14-24/h5-8,12-13,20-21,24,27,32-33H,1-4,9-11,14-19H2/t20?,21?,24?,27-/m0/s1. The lowest BCUT2D eigenvalue weighted by atomic mass is 9.83. The Hall–Kier alpha value is -2.73. The Morgan fingerprint density at radius 3 is 2.40 bits per heavy atom. The Kier molecular flexibility index (Phi) is 8.46. The Labute approximate surface area is 251 Å². The van der Waals surface area contributed by atoms with Gasteiger partial charge in [0.05, 0.1) is 17.4 Å². The van der Waals surface area contributed by atoms with E-state index in [0.717, 1.165) is 43.1 Å². The minimum atomic E-state index is -3.96. The molecule has 4 aliphatic heterocycles. The van der Waals surface area contributed by atoms with E-state index in [-0.39, 0.29) is 46.9 Å². The number of carbonyl (C=O) groups excluding carboxylic acids is 3. The van der Waals surface area contributed by atoms with Gasteiger partial charge in [0.25, 0.3) is 0 Å². The van der Waals surface area contributed by atoms with Gasteiger partial charge in [-0.15, -0.1) is 0 Å². The first kappa shape index (κ1) is 29.3. The highest BCUT2D eigenvalue weighted by Crippen LogP contribution is 2.30. The first-order chi connectivity index (χ1) is 20.2. The van der Waals surface area contributed by atoms with E-state index in [0.29, 0.717) is 50.6 Å². The molecule has 3 unspecified atom stereocenters. The normalized spacial score (nSPS) is 26.9. The van der Waals surface area contributed by atoms with E-state index in [1.807, 2.05) is 9.80 Å². The summed E-state index contributed by atoms with van der Waals surface area (Å²) in [5, 5.41) is 5.45. The summed E-state index contributed by atoms with van der Waals surface area (Å²) >= 11 is 6.04. The van der Waals surface area contributed by atoms with Gasteiger partial charge in [-0.2, -0.15) is 4.72 Å². The van der Waals surface area contributed by atoms with Gasteiger partial charge in [0.2, 0.25) is 27.7 Å². The van der Waals surface area contributed by atoms with Crippen LogP contribution in [-0.4, -0.2) is 99.2 Å². The predicted octanol–water partition coefficient (Wildman–Crippen LogP) is 2.07. The van der Waals surface area contributed by atoms with Crippen LogP contribution >= 0.6 is 11.6 Å². The average molecular weight is 616 g/mol. The maximum absolute atomic E-state index is 13.4. The van der Waals surface area contributed by atoms with Crippen molar-refractivity contribution in [2.75, 3.05) is 52.4 Å². The molecule has 2 aromatic rings. The summed E-state index contributed by atoms with van der Waals surface area (Å²) in [5.74, 6) is 0.253. The maximum atomic E-state index is 13.4. The molecule has 4 heterocycles. The van der Waals surface area contributed by atoms with Gasteiger partial charge in [-0.3, -0.25) is 14.4 Å². The van der Waals surface area contributed by atoms with Crippen LogP contribution in [0.1, 0.15) is 32.1 Å². The van der Waals surface area contributed by atoms with Gasteiger partial charge < -0.3 is 20.0 Å². The Bertz CT molecular complexity index is 1470. The second kappa shape index (κ2) is 12.1. The summed E-state index contributed by atoms with van der Waals surface area (Å²) in [4.78, 5) is 45.2. The van der Waals surface area contributed by atoms with E-state index >= 15 is 0 Å². The Balaban J connectivity index is 1.05. The lowest BCUT2D eigenvalue weighted by Crippen LogP contribution is -2.59. The van der Waals surface area contributed by atoms with Crippen LogP contribution < -0.4 is 10.0 Å². The molecule has 2 N–H and O–H groups in total. The summed E-state index contributed by atoms with van der Waals surface area (Å²) in [6.07, 6.45) is 3.93. The lowest BCUT2D eigenvalue weighted by Gasteiger charge is -2.47. The molecule has 0 aromatic heterocycles. The number of nitrogens with zero attached hydrogens (tertiary/aromatic N) is 3. The SMILES string of the molecule is O=C(CN1CCC[C@H](NS(=O)(=O)c2ccc3cc(Cl)ccc3c2)C1=O)N1CC2CC(C1)CN(C(=O)C1CCCNC1)C2. The van der Waals surface area contributed by atoms with Crippen LogP contribution in [0.25, 0.3) is 10.8 Å². The number of benzene rings is 2. The van der Waals surface area contributed by atoms with Crippen LogP contribution in [0.2, 0.25) is 5.02 Å². The molecule has 4 aliphatic rings. The number of amides is 3. The predicted molar refractivity (Wildman–Crippen MR) is 159 cm³/mol. The van der Waals surface area contributed by atoms with Crippen molar-refractivity contribution in [1.29, 1.82) is 0 Å². The van der Waals surface area contributed by atoms with Gasteiger partial charge in [-0.05, 0) is 85.5 Å². The number of fused-ring (bicyclic) bond motifs is 3. The topological polar surface area (TPSA) is 119 Å². The summed E-state index contributed by atoms with van der Waals surface area (Å²) in [6.45, 7) is 4.56. The first-order valence-corrected chi connectivity index (χ1v) is 16.8. The molecule has 42 heavy (non-hydrogen) atoms. The fraction of sp³-hybridized carbons (Fsp3) is 0.567. The van der Waals surface area contributed by atoms with Gasteiger partial charge in [0, 0.05) is 44.3 Å². The largest absolute Gasteiger partial charge is 0.342 e. The van der Waals surface area contributed by atoms with Crippen LogP contribution in [0.4, 0.5) is 0 Å². The van der Waals surface area contributed by atoms with Gasteiger partial charge in [0.1, 0.15) is 6.04 Å². The third-order valence-corrected chi connectivity index (χ3v) is 10.8. The summed E-state index contributed by atoms with van der Waals surface area (Å²) < 4.78 is 29.0. The third kappa shape index (κ3) is 6.29. The average Bonchev–Trinajstić information content (AvgIpc) is 2.98. The zero-order chi connectivity index (χ0) is 29.4. The fourth-order valence-corrected chi connectivity index (χ4v) is 8.51. The second-order valence-electron chi connectivity index (χ2n) is 12.3. The van der Waals surface area contributed by atoms with Crippen LogP contribution in [0.5, 0.6) is 0 Å². The van der Waals surface area contributed by atoms with E-state index in [9.17, 15) is 22.8 Å². The molecule has 12 heteroatoms. The molecule has 2 bridgehead atoms. The van der Waals surface area contributed by atoms with E-state index in [4.69, 9.17) is 11.6 Å². The second-order valence-corrected chi connectivity index (χ2v) is 14.4. The van der Waals surface area contributed by atoms with Crippen LogP contribution in [-0.2, 0) is 24.4 Å². The third-order valence-electron chi connectivity index (χ3n) is 9.13. The monoisotopic (exact) mass is 615 g/mol. The number of halogens is 1. The molecule has 4 fully saturated rings. The molecule has 0 aliphatic carbocycles. The van der Waals surface area contributed by atoms with Crippen molar-refractivity contribution < 1.29 is 22.8 Å². The number of carbonyl (C=O) groups is 3. The molecule has 10 nitrogen and oxygen atoms in total. The van der Waals surface area contributed by atoms with Gasteiger partial charge in [-0.25, -0.2) is 8.42 Å². The fourth-order valence-electron chi connectivity index (χ4n) is 7.07. The molecule has 4 atom stereocenters. The number of sulfonamides is 1. The Morgan fingerprint density at radius 1 is 0.952 bits per heavy atom. The molecular formula is C30H38ClN5O5S. The van der Waals surface area contributed by atoms with Crippen molar-refractivity contribution in [3.05, 3.63) is 41.4 Å². The molecule has 4 saturated heterocycles. The van der Waals surface area contributed by atoms with Crippen molar-refractivity contribution in [3.8, 4) is 0 Å². The van der Waals surface area contributed by atoms with Gasteiger partial charge in [0.15, 0.2) is 0 Å². The molecule has 6 rings (SSSR count). The minimum absolute atomic E-state index is 0.0473. The molecule has 3 amide bonds. The van der Waals surface area contributed by atoms with E-state index in [2.05, 4.69) is 10.0 Å². The minimum Gasteiger partial charge on any atom is -0.342 e. The summed E-state index contributed by atoms with van der Waals surface area (Å²) in [6, 6.07) is 9.06. The highest BCUT2D eigenvalue weighted by atomic mass is 35.5. The van der Waals surface area contributed by atoms with Crippen LogP contribution in [0.3, 0.4) is 0 Å².